The van der Waals surface area contributed by atoms with Crippen molar-refractivity contribution in [2.24, 2.45) is 5.92 Å². The first-order valence-corrected chi connectivity index (χ1v) is 9.69. The predicted octanol–water partition coefficient (Wildman–Crippen LogP) is 4.18. The Kier molecular flexibility index (Phi) is 5.07. The van der Waals surface area contributed by atoms with Crippen molar-refractivity contribution >= 4 is 0 Å². The summed E-state index contributed by atoms with van der Waals surface area (Å²) in [7, 11) is 1.73. The van der Waals surface area contributed by atoms with Gasteiger partial charge in [-0.15, -0.1) is 0 Å². The zero-order valence-electron chi connectivity index (χ0n) is 15.2. The SMILES string of the molecule is COc1ccc([C@@H]2CN(CC3CCCCC3)C[C@H]2c2ccn[nH]2)cc1. The first-order valence-electron chi connectivity index (χ1n) is 9.69. The van der Waals surface area contributed by atoms with E-state index in [9.17, 15) is 0 Å². The minimum Gasteiger partial charge on any atom is -0.497 e. The molecule has 1 saturated heterocycles. The molecule has 25 heavy (non-hydrogen) atoms. The van der Waals surface area contributed by atoms with Crippen LogP contribution in [0.3, 0.4) is 0 Å². The van der Waals surface area contributed by atoms with Crippen LogP contribution in [0.2, 0.25) is 0 Å². The van der Waals surface area contributed by atoms with Crippen molar-refractivity contribution in [2.75, 3.05) is 26.7 Å². The summed E-state index contributed by atoms with van der Waals surface area (Å²) in [6.45, 7) is 3.54. The predicted molar refractivity (Wildman–Crippen MR) is 100 cm³/mol. The van der Waals surface area contributed by atoms with E-state index < -0.39 is 0 Å². The van der Waals surface area contributed by atoms with Crippen LogP contribution in [-0.4, -0.2) is 41.8 Å². The maximum absolute atomic E-state index is 5.33. The number of aromatic nitrogens is 2. The van der Waals surface area contributed by atoms with Crippen molar-refractivity contribution < 1.29 is 4.74 Å². The van der Waals surface area contributed by atoms with Crippen molar-refractivity contribution in [3.8, 4) is 5.75 Å². The Morgan fingerprint density at radius 2 is 1.80 bits per heavy atom. The maximum atomic E-state index is 5.33. The van der Waals surface area contributed by atoms with E-state index in [1.165, 1.54) is 49.9 Å². The summed E-state index contributed by atoms with van der Waals surface area (Å²) in [6.07, 6.45) is 8.98. The second-order valence-corrected chi connectivity index (χ2v) is 7.72. The number of aromatic amines is 1. The van der Waals surface area contributed by atoms with Gasteiger partial charge in [0.2, 0.25) is 0 Å². The van der Waals surface area contributed by atoms with Crippen LogP contribution in [0.25, 0.3) is 0 Å². The number of hydrogen-bond donors (Lipinski definition) is 1. The molecule has 4 rings (SSSR count). The van der Waals surface area contributed by atoms with Gasteiger partial charge in [0.15, 0.2) is 0 Å². The van der Waals surface area contributed by atoms with Crippen LogP contribution >= 0.6 is 0 Å². The number of benzene rings is 1. The molecule has 1 aliphatic carbocycles. The summed E-state index contributed by atoms with van der Waals surface area (Å²) in [4.78, 5) is 2.69. The van der Waals surface area contributed by atoms with Gasteiger partial charge in [-0.3, -0.25) is 5.10 Å². The van der Waals surface area contributed by atoms with Crippen molar-refractivity contribution in [2.45, 2.75) is 43.9 Å². The van der Waals surface area contributed by atoms with E-state index in [4.69, 9.17) is 4.74 Å². The smallest absolute Gasteiger partial charge is 0.118 e. The molecular formula is C21H29N3O. The molecule has 1 aliphatic heterocycles. The number of nitrogens with one attached hydrogen (secondary N) is 1. The van der Waals surface area contributed by atoms with E-state index in [1.807, 2.05) is 6.20 Å². The molecule has 0 unspecified atom stereocenters. The minimum atomic E-state index is 0.500. The highest BCUT2D eigenvalue weighted by molar-refractivity contribution is 5.33. The quantitative estimate of drug-likeness (QED) is 0.888. The van der Waals surface area contributed by atoms with Crippen molar-refractivity contribution in [1.29, 1.82) is 0 Å². The summed E-state index contributed by atoms with van der Waals surface area (Å²) in [5.74, 6) is 2.85. The maximum Gasteiger partial charge on any atom is 0.118 e. The summed E-state index contributed by atoms with van der Waals surface area (Å²) < 4.78 is 5.33. The van der Waals surface area contributed by atoms with E-state index in [-0.39, 0.29) is 0 Å². The van der Waals surface area contributed by atoms with Crippen LogP contribution in [0, 0.1) is 5.92 Å². The van der Waals surface area contributed by atoms with Crippen LogP contribution in [0.15, 0.2) is 36.5 Å². The number of H-pyrrole nitrogens is 1. The van der Waals surface area contributed by atoms with Crippen molar-refractivity contribution in [3.63, 3.8) is 0 Å². The van der Waals surface area contributed by atoms with Gasteiger partial charge in [0.05, 0.1) is 7.11 Å². The largest absolute Gasteiger partial charge is 0.497 e. The number of ether oxygens (including phenoxy) is 1. The fourth-order valence-corrected chi connectivity index (χ4v) is 4.75. The summed E-state index contributed by atoms with van der Waals surface area (Å²) in [5.41, 5.74) is 2.68. The fourth-order valence-electron chi connectivity index (χ4n) is 4.75. The Labute approximate surface area is 150 Å². The van der Waals surface area contributed by atoms with Crippen molar-refractivity contribution in [3.05, 3.63) is 47.8 Å². The molecule has 2 atom stereocenters. The molecule has 4 heteroatoms. The summed E-state index contributed by atoms with van der Waals surface area (Å²) in [5, 5.41) is 7.42. The third-order valence-electron chi connectivity index (χ3n) is 6.10. The van der Waals surface area contributed by atoms with E-state index in [2.05, 4.69) is 45.4 Å². The Morgan fingerprint density at radius 1 is 1.04 bits per heavy atom. The second-order valence-electron chi connectivity index (χ2n) is 7.72. The van der Waals surface area contributed by atoms with E-state index in [0.29, 0.717) is 11.8 Å². The molecule has 0 amide bonds. The van der Waals surface area contributed by atoms with Crippen LogP contribution in [0.5, 0.6) is 5.75 Å². The van der Waals surface area contributed by atoms with Crippen LogP contribution in [0.4, 0.5) is 0 Å². The van der Waals surface area contributed by atoms with Gasteiger partial charge in [-0.2, -0.15) is 5.10 Å². The van der Waals surface area contributed by atoms with E-state index in [0.717, 1.165) is 24.8 Å². The number of hydrogen-bond acceptors (Lipinski definition) is 3. The third kappa shape index (κ3) is 3.74. The lowest BCUT2D eigenvalue weighted by Gasteiger charge is -2.26. The van der Waals surface area contributed by atoms with Gasteiger partial charge in [0.25, 0.3) is 0 Å². The highest BCUT2D eigenvalue weighted by Crippen LogP contribution is 2.40. The Balaban J connectivity index is 1.51. The lowest BCUT2D eigenvalue weighted by Crippen LogP contribution is -2.28. The molecule has 0 bridgehead atoms. The number of methoxy groups -OCH3 is 1. The molecule has 134 valence electrons. The lowest BCUT2D eigenvalue weighted by atomic mass is 9.87. The molecule has 0 radical (unpaired) electrons. The molecule has 1 N–H and O–H groups in total. The van der Waals surface area contributed by atoms with Crippen LogP contribution in [-0.2, 0) is 0 Å². The average molecular weight is 339 g/mol. The van der Waals surface area contributed by atoms with Crippen LogP contribution < -0.4 is 4.74 Å². The Morgan fingerprint density at radius 3 is 2.48 bits per heavy atom. The minimum absolute atomic E-state index is 0.500. The Bertz CT molecular complexity index is 646. The molecular weight excluding hydrogens is 310 g/mol. The standard InChI is InChI=1S/C21H29N3O/c1-25-18-9-7-17(8-10-18)19-14-24(13-16-5-3-2-4-6-16)15-20(19)21-11-12-22-23-21/h7-12,16,19-20H,2-6,13-15H2,1H3,(H,22,23)/t19-,20+/m0/s1. The summed E-state index contributed by atoms with van der Waals surface area (Å²) >= 11 is 0. The monoisotopic (exact) mass is 339 g/mol. The Hall–Kier alpha value is -1.81. The van der Waals surface area contributed by atoms with Gasteiger partial charge in [0, 0.05) is 43.4 Å². The second kappa shape index (κ2) is 7.61. The van der Waals surface area contributed by atoms with Gasteiger partial charge in [-0.05, 0) is 42.5 Å². The molecule has 2 aromatic rings. The summed E-state index contributed by atoms with van der Waals surface area (Å²) in [6, 6.07) is 10.8. The number of likely N-dealkylation sites (tertiary alicyclic amines) is 1. The van der Waals surface area contributed by atoms with Gasteiger partial charge >= 0.3 is 0 Å². The zero-order valence-corrected chi connectivity index (χ0v) is 15.2. The third-order valence-corrected chi connectivity index (χ3v) is 6.10. The molecule has 0 spiro atoms. The molecule has 1 aromatic carbocycles. The van der Waals surface area contributed by atoms with E-state index >= 15 is 0 Å². The lowest BCUT2D eigenvalue weighted by molar-refractivity contribution is 0.230. The molecule has 1 aromatic heterocycles. The van der Waals surface area contributed by atoms with Gasteiger partial charge in [0.1, 0.15) is 5.75 Å². The first kappa shape index (κ1) is 16.6. The van der Waals surface area contributed by atoms with Crippen LogP contribution in [0.1, 0.15) is 55.2 Å². The van der Waals surface area contributed by atoms with E-state index in [1.54, 1.807) is 7.11 Å². The number of rotatable bonds is 5. The highest BCUT2D eigenvalue weighted by Gasteiger charge is 2.36. The van der Waals surface area contributed by atoms with Gasteiger partial charge < -0.3 is 9.64 Å². The fraction of sp³-hybridized carbons (Fsp3) is 0.571. The molecule has 2 aliphatic rings. The van der Waals surface area contributed by atoms with Gasteiger partial charge in [-0.25, -0.2) is 0 Å². The van der Waals surface area contributed by atoms with Gasteiger partial charge in [-0.1, -0.05) is 31.4 Å². The number of nitrogens with zero attached hydrogens (tertiary/aromatic N) is 2. The average Bonchev–Trinajstić information content (AvgIpc) is 3.32. The highest BCUT2D eigenvalue weighted by atomic mass is 16.5. The molecule has 4 nitrogen and oxygen atoms in total. The molecule has 1 saturated carbocycles. The molecule has 2 heterocycles. The zero-order chi connectivity index (χ0) is 17.1. The first-order chi connectivity index (χ1) is 12.3. The van der Waals surface area contributed by atoms with Crippen molar-refractivity contribution in [1.82, 2.24) is 15.1 Å². The topological polar surface area (TPSA) is 41.1 Å². The normalized spacial score (nSPS) is 25.3. The molecule has 2 fully saturated rings.